The lowest BCUT2D eigenvalue weighted by Crippen LogP contribution is -2.15. The van der Waals surface area contributed by atoms with Crippen molar-refractivity contribution in [2.45, 2.75) is 0 Å². The predicted molar refractivity (Wildman–Crippen MR) is 125 cm³/mol. The number of anilines is 2. The summed E-state index contributed by atoms with van der Waals surface area (Å²) in [6.45, 7) is 0. The average molecular weight is 483 g/mol. The van der Waals surface area contributed by atoms with Crippen LogP contribution in [0.15, 0.2) is 71.1 Å². The van der Waals surface area contributed by atoms with E-state index in [0.29, 0.717) is 22.0 Å². The van der Waals surface area contributed by atoms with Gasteiger partial charge in [0.25, 0.3) is 11.8 Å². The standard InChI is InChI=1S/C23H16Cl2N4O4/c1-32-17-8-5-13(6-9-17)22-28-29-23(33-22)27-20(30)14-3-2-4-16(11-14)26-21(31)18-10-7-15(24)12-19(18)25/h2-12H,1H3,(H,26,31)(H,27,29,30). The van der Waals surface area contributed by atoms with E-state index in [9.17, 15) is 9.59 Å². The number of ether oxygens (including phenoxy) is 1. The Kier molecular flexibility index (Phi) is 6.58. The van der Waals surface area contributed by atoms with Crippen LogP contribution in [0.3, 0.4) is 0 Å². The van der Waals surface area contributed by atoms with E-state index in [4.69, 9.17) is 32.4 Å². The summed E-state index contributed by atoms with van der Waals surface area (Å²) in [6.07, 6.45) is 0. The number of nitrogens with one attached hydrogen (secondary N) is 2. The molecule has 10 heteroatoms. The SMILES string of the molecule is COc1ccc(-c2nnc(NC(=O)c3cccc(NC(=O)c4ccc(Cl)cc4Cl)c3)o2)cc1. The molecule has 4 rings (SSSR count). The van der Waals surface area contributed by atoms with Gasteiger partial charge in [-0.2, -0.15) is 0 Å². The summed E-state index contributed by atoms with van der Waals surface area (Å²) in [5.41, 5.74) is 1.62. The maximum Gasteiger partial charge on any atom is 0.322 e. The minimum absolute atomic E-state index is 0.0618. The van der Waals surface area contributed by atoms with E-state index in [2.05, 4.69) is 20.8 Å². The van der Waals surface area contributed by atoms with Crippen molar-refractivity contribution < 1.29 is 18.7 Å². The van der Waals surface area contributed by atoms with Crippen LogP contribution in [0.4, 0.5) is 11.7 Å². The number of nitrogens with zero attached hydrogens (tertiary/aromatic N) is 2. The minimum Gasteiger partial charge on any atom is -0.497 e. The van der Waals surface area contributed by atoms with Gasteiger partial charge in [0.1, 0.15) is 5.75 Å². The summed E-state index contributed by atoms with van der Waals surface area (Å²) in [5.74, 6) is 0.0155. The van der Waals surface area contributed by atoms with Gasteiger partial charge in [-0.3, -0.25) is 14.9 Å². The van der Waals surface area contributed by atoms with Crippen LogP contribution >= 0.6 is 23.2 Å². The van der Waals surface area contributed by atoms with Crippen molar-refractivity contribution in [2.75, 3.05) is 17.7 Å². The summed E-state index contributed by atoms with van der Waals surface area (Å²) in [6, 6.07) is 17.9. The second-order valence-corrected chi connectivity index (χ2v) is 7.60. The highest BCUT2D eigenvalue weighted by Crippen LogP contribution is 2.24. The number of hydrogen-bond acceptors (Lipinski definition) is 6. The molecular formula is C23H16Cl2N4O4. The third kappa shape index (κ3) is 5.31. The third-order valence-electron chi connectivity index (χ3n) is 4.54. The van der Waals surface area contributed by atoms with Crippen molar-refractivity contribution in [3.8, 4) is 17.2 Å². The van der Waals surface area contributed by atoms with Crippen LogP contribution in [0.1, 0.15) is 20.7 Å². The Balaban J connectivity index is 1.44. The van der Waals surface area contributed by atoms with E-state index in [0.717, 1.165) is 0 Å². The molecule has 1 aromatic heterocycles. The van der Waals surface area contributed by atoms with E-state index < -0.39 is 11.8 Å². The van der Waals surface area contributed by atoms with Crippen molar-refractivity contribution in [1.82, 2.24) is 10.2 Å². The van der Waals surface area contributed by atoms with Crippen LogP contribution < -0.4 is 15.4 Å². The van der Waals surface area contributed by atoms with Gasteiger partial charge in [0.15, 0.2) is 0 Å². The maximum atomic E-state index is 12.6. The van der Waals surface area contributed by atoms with Gasteiger partial charge >= 0.3 is 6.01 Å². The van der Waals surface area contributed by atoms with Crippen molar-refractivity contribution in [2.24, 2.45) is 0 Å². The molecule has 0 aliphatic rings. The summed E-state index contributed by atoms with van der Waals surface area (Å²) >= 11 is 12.0. The van der Waals surface area contributed by atoms with Gasteiger partial charge in [-0.1, -0.05) is 34.4 Å². The lowest BCUT2D eigenvalue weighted by atomic mass is 10.1. The minimum atomic E-state index is -0.486. The van der Waals surface area contributed by atoms with Crippen LogP contribution in [-0.2, 0) is 0 Å². The quantitative estimate of drug-likeness (QED) is 0.372. The first-order valence-electron chi connectivity index (χ1n) is 9.58. The van der Waals surface area contributed by atoms with Crippen molar-refractivity contribution in [3.05, 3.63) is 87.9 Å². The largest absolute Gasteiger partial charge is 0.497 e. The Hall–Kier alpha value is -3.88. The normalized spacial score (nSPS) is 10.5. The number of benzene rings is 3. The number of aromatic nitrogens is 2. The van der Waals surface area contributed by atoms with E-state index in [-0.39, 0.29) is 28.1 Å². The van der Waals surface area contributed by atoms with Crippen molar-refractivity contribution in [3.63, 3.8) is 0 Å². The first-order valence-corrected chi connectivity index (χ1v) is 10.3. The molecule has 0 bridgehead atoms. The number of hydrogen-bond donors (Lipinski definition) is 2. The number of carbonyl (C=O) groups is 2. The molecule has 1 heterocycles. The van der Waals surface area contributed by atoms with Gasteiger partial charge in [-0.05, 0) is 60.7 Å². The zero-order valence-electron chi connectivity index (χ0n) is 17.1. The molecule has 3 aromatic carbocycles. The maximum absolute atomic E-state index is 12.6. The fraction of sp³-hybridized carbons (Fsp3) is 0.0435. The molecule has 2 amide bonds. The number of halogens is 2. The van der Waals surface area contributed by atoms with Crippen molar-refractivity contribution >= 4 is 46.7 Å². The van der Waals surface area contributed by atoms with Crippen LogP contribution in [0.25, 0.3) is 11.5 Å². The summed E-state index contributed by atoms with van der Waals surface area (Å²) in [4.78, 5) is 25.2. The second-order valence-electron chi connectivity index (χ2n) is 6.75. The number of amides is 2. The topological polar surface area (TPSA) is 106 Å². The molecular weight excluding hydrogens is 467 g/mol. The molecule has 8 nitrogen and oxygen atoms in total. The predicted octanol–water partition coefficient (Wildman–Crippen LogP) is 5.56. The van der Waals surface area contributed by atoms with Crippen LogP contribution in [0, 0.1) is 0 Å². The number of carbonyl (C=O) groups excluding carboxylic acids is 2. The molecule has 0 aliphatic carbocycles. The monoisotopic (exact) mass is 482 g/mol. The lowest BCUT2D eigenvalue weighted by molar-refractivity contribution is 0.101. The Morgan fingerprint density at radius 1 is 0.909 bits per heavy atom. The molecule has 0 spiro atoms. The third-order valence-corrected chi connectivity index (χ3v) is 5.09. The Morgan fingerprint density at radius 3 is 2.42 bits per heavy atom. The van der Waals surface area contributed by atoms with Gasteiger partial charge in [0, 0.05) is 21.8 Å². The Labute approximate surface area is 198 Å². The zero-order chi connectivity index (χ0) is 23.4. The Morgan fingerprint density at radius 2 is 1.70 bits per heavy atom. The molecule has 2 N–H and O–H groups in total. The average Bonchev–Trinajstić information content (AvgIpc) is 3.27. The van der Waals surface area contributed by atoms with Gasteiger partial charge in [-0.25, -0.2) is 0 Å². The number of rotatable bonds is 6. The molecule has 0 fully saturated rings. The van der Waals surface area contributed by atoms with E-state index >= 15 is 0 Å². The zero-order valence-corrected chi connectivity index (χ0v) is 18.6. The smallest absolute Gasteiger partial charge is 0.322 e. The van der Waals surface area contributed by atoms with Crippen LogP contribution in [-0.4, -0.2) is 29.1 Å². The molecule has 0 radical (unpaired) electrons. The fourth-order valence-electron chi connectivity index (χ4n) is 2.90. The molecule has 0 atom stereocenters. The molecule has 0 saturated carbocycles. The Bertz CT molecular complexity index is 1320. The van der Waals surface area contributed by atoms with Crippen LogP contribution in [0.2, 0.25) is 10.0 Å². The van der Waals surface area contributed by atoms with Crippen LogP contribution in [0.5, 0.6) is 5.75 Å². The highest BCUT2D eigenvalue weighted by molar-refractivity contribution is 6.37. The van der Waals surface area contributed by atoms with E-state index in [1.807, 2.05) is 0 Å². The molecule has 33 heavy (non-hydrogen) atoms. The van der Waals surface area contributed by atoms with Gasteiger partial charge < -0.3 is 14.5 Å². The molecule has 0 saturated heterocycles. The molecule has 166 valence electrons. The highest BCUT2D eigenvalue weighted by Gasteiger charge is 2.15. The molecule has 0 unspecified atom stereocenters. The first-order chi connectivity index (χ1) is 15.9. The van der Waals surface area contributed by atoms with E-state index in [1.165, 1.54) is 18.2 Å². The number of methoxy groups -OCH3 is 1. The molecule has 4 aromatic rings. The molecule has 0 aliphatic heterocycles. The highest BCUT2D eigenvalue weighted by atomic mass is 35.5. The van der Waals surface area contributed by atoms with Gasteiger partial charge in [-0.15, -0.1) is 5.10 Å². The van der Waals surface area contributed by atoms with Gasteiger partial charge in [0.2, 0.25) is 5.89 Å². The lowest BCUT2D eigenvalue weighted by Gasteiger charge is -2.08. The fourth-order valence-corrected chi connectivity index (χ4v) is 3.40. The first kappa shape index (κ1) is 22.3. The summed E-state index contributed by atoms with van der Waals surface area (Å²) in [5, 5.41) is 13.7. The second kappa shape index (κ2) is 9.72. The summed E-state index contributed by atoms with van der Waals surface area (Å²) in [7, 11) is 1.57. The van der Waals surface area contributed by atoms with Crippen molar-refractivity contribution in [1.29, 1.82) is 0 Å². The van der Waals surface area contributed by atoms with E-state index in [1.54, 1.807) is 55.6 Å². The van der Waals surface area contributed by atoms with Gasteiger partial charge in [0.05, 0.1) is 17.7 Å². The summed E-state index contributed by atoms with van der Waals surface area (Å²) < 4.78 is 10.6.